The number of amides is 1. The van der Waals surface area contributed by atoms with Crippen LogP contribution in [0.15, 0.2) is 53.4 Å². The molecule has 1 aliphatic carbocycles. The summed E-state index contributed by atoms with van der Waals surface area (Å²) in [6, 6.07) is 13.5. The Labute approximate surface area is 160 Å². The zero-order chi connectivity index (χ0) is 19.4. The van der Waals surface area contributed by atoms with E-state index in [1.165, 1.54) is 12.1 Å². The van der Waals surface area contributed by atoms with Crippen molar-refractivity contribution in [3.05, 3.63) is 54.1 Å². The van der Waals surface area contributed by atoms with Gasteiger partial charge in [0.25, 0.3) is 10.0 Å². The molecule has 4 N–H and O–H groups in total. The number of hydrogen-bond acceptors (Lipinski definition) is 4. The number of sulfonamides is 1. The highest BCUT2D eigenvalue weighted by atomic mass is 32.2. The van der Waals surface area contributed by atoms with Crippen LogP contribution in [0, 0.1) is 12.8 Å². The molecule has 1 fully saturated rings. The minimum Gasteiger partial charge on any atom is -0.328 e. The van der Waals surface area contributed by atoms with Gasteiger partial charge in [0.2, 0.25) is 5.91 Å². The summed E-state index contributed by atoms with van der Waals surface area (Å²) >= 11 is 0. The Bertz CT molecular complexity index is 913. The third-order valence-corrected chi connectivity index (χ3v) is 6.27. The molecule has 144 valence electrons. The summed E-state index contributed by atoms with van der Waals surface area (Å²) in [6.07, 6.45) is 3.43. The van der Waals surface area contributed by atoms with Crippen molar-refractivity contribution in [1.29, 1.82) is 0 Å². The Morgan fingerprint density at radius 2 is 1.85 bits per heavy atom. The number of hydrogen-bond donors (Lipinski definition) is 3. The van der Waals surface area contributed by atoms with Crippen LogP contribution in [0.3, 0.4) is 0 Å². The average molecular weight is 388 g/mol. The molecule has 2 aromatic carbocycles. The lowest BCUT2D eigenvalue weighted by molar-refractivity contribution is -0.120. The Morgan fingerprint density at radius 1 is 1.11 bits per heavy atom. The molecule has 0 saturated heterocycles. The first kappa shape index (κ1) is 19.4. The monoisotopic (exact) mass is 387 g/mol. The van der Waals surface area contributed by atoms with Crippen LogP contribution in [0.1, 0.15) is 31.2 Å². The Morgan fingerprint density at radius 3 is 2.56 bits per heavy atom. The number of benzene rings is 2. The molecule has 0 bridgehead atoms. The van der Waals surface area contributed by atoms with Crippen molar-refractivity contribution in [3.8, 4) is 0 Å². The molecule has 3 rings (SSSR count). The minimum atomic E-state index is -3.69. The number of aryl methyl sites for hydroxylation is 1. The van der Waals surface area contributed by atoms with E-state index in [9.17, 15) is 13.2 Å². The molecule has 0 heterocycles. The van der Waals surface area contributed by atoms with Crippen LogP contribution in [0.4, 0.5) is 11.4 Å². The molecule has 0 radical (unpaired) electrons. The Kier molecular flexibility index (Phi) is 5.82. The topological polar surface area (TPSA) is 101 Å². The summed E-state index contributed by atoms with van der Waals surface area (Å²) in [4.78, 5) is 12.7. The van der Waals surface area contributed by atoms with Crippen LogP contribution in [-0.4, -0.2) is 20.4 Å². The molecule has 2 unspecified atom stereocenters. The summed E-state index contributed by atoms with van der Waals surface area (Å²) in [5.74, 6) is -0.162. The number of nitrogens with two attached hydrogens (primary N) is 1. The quantitative estimate of drug-likeness (QED) is 0.733. The van der Waals surface area contributed by atoms with Crippen molar-refractivity contribution in [2.24, 2.45) is 11.7 Å². The van der Waals surface area contributed by atoms with E-state index in [1.807, 2.05) is 6.92 Å². The van der Waals surface area contributed by atoms with E-state index < -0.39 is 10.0 Å². The van der Waals surface area contributed by atoms with Crippen LogP contribution in [0.5, 0.6) is 0 Å². The Balaban J connectivity index is 1.75. The molecular weight excluding hydrogens is 362 g/mol. The second-order valence-electron chi connectivity index (χ2n) is 7.06. The van der Waals surface area contributed by atoms with Gasteiger partial charge in [-0.3, -0.25) is 9.52 Å². The van der Waals surface area contributed by atoms with Gasteiger partial charge in [0.05, 0.1) is 10.6 Å². The zero-order valence-electron chi connectivity index (χ0n) is 15.3. The van der Waals surface area contributed by atoms with Gasteiger partial charge in [-0.15, -0.1) is 0 Å². The van der Waals surface area contributed by atoms with Crippen molar-refractivity contribution >= 4 is 27.3 Å². The second kappa shape index (κ2) is 8.10. The number of nitrogens with one attached hydrogen (secondary N) is 2. The fourth-order valence-electron chi connectivity index (χ4n) is 3.32. The maximum atomic E-state index is 12.6. The van der Waals surface area contributed by atoms with E-state index in [-0.39, 0.29) is 22.8 Å². The van der Waals surface area contributed by atoms with Crippen LogP contribution in [-0.2, 0) is 14.8 Å². The average Bonchev–Trinajstić information content (AvgIpc) is 2.65. The molecule has 2 aromatic rings. The highest BCUT2D eigenvalue weighted by molar-refractivity contribution is 7.92. The van der Waals surface area contributed by atoms with Crippen molar-refractivity contribution in [3.63, 3.8) is 0 Å². The van der Waals surface area contributed by atoms with Gasteiger partial charge in [-0.05, 0) is 56.0 Å². The minimum absolute atomic E-state index is 0.0640. The fourth-order valence-corrected chi connectivity index (χ4v) is 4.47. The van der Waals surface area contributed by atoms with Gasteiger partial charge in [-0.1, -0.05) is 30.7 Å². The molecule has 1 amide bonds. The third-order valence-electron chi connectivity index (χ3n) is 4.89. The van der Waals surface area contributed by atoms with E-state index >= 15 is 0 Å². The van der Waals surface area contributed by atoms with Gasteiger partial charge in [0, 0.05) is 17.6 Å². The van der Waals surface area contributed by atoms with E-state index in [0.29, 0.717) is 17.8 Å². The molecule has 27 heavy (non-hydrogen) atoms. The molecule has 6 nitrogen and oxygen atoms in total. The standard InChI is InChI=1S/C20H25N3O3S/c1-14-10-11-17(22-20(24)15-6-5-7-16(21)12-15)13-19(14)23-27(25,26)18-8-3-2-4-9-18/h2-4,8-11,13,15-16,23H,5-7,12,21H2,1H3,(H,22,24). The predicted molar refractivity (Wildman–Crippen MR) is 107 cm³/mol. The summed E-state index contributed by atoms with van der Waals surface area (Å²) in [5.41, 5.74) is 7.75. The first-order valence-electron chi connectivity index (χ1n) is 9.10. The molecule has 0 aromatic heterocycles. The lowest BCUT2D eigenvalue weighted by Gasteiger charge is -2.25. The lowest BCUT2D eigenvalue weighted by Crippen LogP contribution is -2.34. The fraction of sp³-hybridized carbons (Fsp3) is 0.350. The van der Waals surface area contributed by atoms with Gasteiger partial charge in [0.1, 0.15) is 0 Å². The third kappa shape index (κ3) is 4.87. The first-order chi connectivity index (χ1) is 12.8. The van der Waals surface area contributed by atoms with Gasteiger partial charge < -0.3 is 11.1 Å². The summed E-state index contributed by atoms with van der Waals surface area (Å²) in [6.45, 7) is 1.81. The molecule has 1 aliphatic rings. The second-order valence-corrected chi connectivity index (χ2v) is 8.74. The molecule has 7 heteroatoms. The van der Waals surface area contributed by atoms with E-state index in [0.717, 1.165) is 24.8 Å². The number of anilines is 2. The smallest absolute Gasteiger partial charge is 0.261 e. The summed E-state index contributed by atoms with van der Waals surface area (Å²) in [7, 11) is -3.69. The van der Waals surface area contributed by atoms with E-state index in [2.05, 4.69) is 10.0 Å². The van der Waals surface area contributed by atoms with Gasteiger partial charge in [0.15, 0.2) is 0 Å². The Hall–Kier alpha value is -2.38. The number of carbonyl (C=O) groups excluding carboxylic acids is 1. The number of rotatable bonds is 5. The van der Waals surface area contributed by atoms with Crippen LogP contribution in [0.25, 0.3) is 0 Å². The summed E-state index contributed by atoms with van der Waals surface area (Å²) < 4.78 is 27.7. The molecule has 1 saturated carbocycles. The maximum absolute atomic E-state index is 12.6. The van der Waals surface area contributed by atoms with Crippen molar-refractivity contribution in [2.75, 3.05) is 10.0 Å². The molecule has 0 spiro atoms. The highest BCUT2D eigenvalue weighted by Gasteiger charge is 2.25. The molecular formula is C20H25N3O3S. The largest absolute Gasteiger partial charge is 0.328 e. The van der Waals surface area contributed by atoms with E-state index in [1.54, 1.807) is 36.4 Å². The van der Waals surface area contributed by atoms with Crippen LogP contribution in [0.2, 0.25) is 0 Å². The van der Waals surface area contributed by atoms with Gasteiger partial charge >= 0.3 is 0 Å². The normalized spacial score (nSPS) is 20.1. The number of carbonyl (C=O) groups is 1. The van der Waals surface area contributed by atoms with Gasteiger partial charge in [-0.2, -0.15) is 0 Å². The van der Waals surface area contributed by atoms with Crippen molar-refractivity contribution < 1.29 is 13.2 Å². The van der Waals surface area contributed by atoms with E-state index in [4.69, 9.17) is 5.73 Å². The zero-order valence-corrected chi connectivity index (χ0v) is 16.1. The molecule has 2 atom stereocenters. The lowest BCUT2D eigenvalue weighted by atomic mass is 9.85. The van der Waals surface area contributed by atoms with Crippen molar-refractivity contribution in [2.45, 2.75) is 43.5 Å². The van der Waals surface area contributed by atoms with Gasteiger partial charge in [-0.25, -0.2) is 8.42 Å². The summed E-state index contributed by atoms with van der Waals surface area (Å²) in [5, 5.41) is 2.90. The highest BCUT2D eigenvalue weighted by Crippen LogP contribution is 2.27. The van der Waals surface area contributed by atoms with Crippen molar-refractivity contribution in [1.82, 2.24) is 0 Å². The predicted octanol–water partition coefficient (Wildman–Crippen LogP) is 3.25. The first-order valence-corrected chi connectivity index (χ1v) is 10.6. The molecule has 0 aliphatic heterocycles. The van der Waals surface area contributed by atoms with Crippen LogP contribution >= 0.6 is 0 Å². The SMILES string of the molecule is Cc1ccc(NC(=O)C2CCCC(N)C2)cc1NS(=O)(=O)c1ccccc1. The van der Waals surface area contributed by atoms with Crippen LogP contribution < -0.4 is 15.8 Å². The maximum Gasteiger partial charge on any atom is 0.261 e.